The van der Waals surface area contributed by atoms with Gasteiger partial charge in [-0.2, -0.15) is 5.10 Å². The third-order valence-electron chi connectivity index (χ3n) is 5.45. The molecule has 7 heteroatoms. The Labute approximate surface area is 156 Å². The van der Waals surface area contributed by atoms with E-state index in [1.807, 2.05) is 12.1 Å². The molecular formula is C20H21N5O2. The molecule has 0 aliphatic carbocycles. The number of nitrogens with zero attached hydrogens (tertiary/aromatic N) is 3. The maximum atomic E-state index is 10.4. The molecule has 1 aromatic carbocycles. The average molecular weight is 363 g/mol. The fourth-order valence-corrected chi connectivity index (χ4v) is 4.12. The molecule has 138 valence electrons. The Morgan fingerprint density at radius 2 is 1.85 bits per heavy atom. The van der Waals surface area contributed by atoms with E-state index >= 15 is 0 Å². The molecular weight excluding hydrogens is 342 g/mol. The van der Waals surface area contributed by atoms with Gasteiger partial charge in [-0.15, -0.1) is 0 Å². The summed E-state index contributed by atoms with van der Waals surface area (Å²) in [5.74, 6) is 0.700. The van der Waals surface area contributed by atoms with Crippen LogP contribution in [0.2, 0.25) is 0 Å². The number of H-pyrrole nitrogens is 1. The van der Waals surface area contributed by atoms with Crippen LogP contribution in [0.3, 0.4) is 0 Å². The first-order valence-electron chi connectivity index (χ1n) is 9.32. The predicted molar refractivity (Wildman–Crippen MR) is 100 cm³/mol. The van der Waals surface area contributed by atoms with Gasteiger partial charge in [-0.25, -0.2) is 9.97 Å². The lowest BCUT2D eigenvalue weighted by molar-refractivity contribution is 0.131. The van der Waals surface area contributed by atoms with Crippen molar-refractivity contribution in [2.45, 2.75) is 43.9 Å². The lowest BCUT2D eigenvalue weighted by Gasteiger charge is -2.28. The molecule has 27 heavy (non-hydrogen) atoms. The zero-order chi connectivity index (χ0) is 18.2. The van der Waals surface area contributed by atoms with Gasteiger partial charge in [0.2, 0.25) is 5.88 Å². The average Bonchev–Trinajstić information content (AvgIpc) is 3.32. The quantitative estimate of drug-likeness (QED) is 0.660. The topological polar surface area (TPSA) is 96.0 Å². The molecule has 3 aromatic rings. The van der Waals surface area contributed by atoms with Crippen molar-refractivity contribution >= 4 is 0 Å². The number of aromatic nitrogens is 4. The van der Waals surface area contributed by atoms with Gasteiger partial charge in [-0.1, -0.05) is 6.07 Å². The minimum Gasteiger partial charge on any atom is -0.507 e. The molecule has 2 saturated heterocycles. The van der Waals surface area contributed by atoms with Crippen molar-refractivity contribution in [1.82, 2.24) is 25.5 Å². The summed E-state index contributed by atoms with van der Waals surface area (Å²) in [6, 6.07) is 6.62. The van der Waals surface area contributed by atoms with Crippen LogP contribution in [-0.4, -0.2) is 43.5 Å². The van der Waals surface area contributed by atoms with Crippen LogP contribution >= 0.6 is 0 Å². The van der Waals surface area contributed by atoms with E-state index in [2.05, 4.69) is 25.5 Å². The molecule has 0 unspecified atom stereocenters. The molecule has 2 fully saturated rings. The normalized spacial score (nSPS) is 24.1. The summed E-state index contributed by atoms with van der Waals surface area (Å²) in [5.41, 5.74) is 3.06. The van der Waals surface area contributed by atoms with Crippen LogP contribution < -0.4 is 10.1 Å². The van der Waals surface area contributed by atoms with Crippen LogP contribution in [0.4, 0.5) is 0 Å². The number of phenolic OH excluding ortho intramolecular Hbond substituents is 1. The number of fused-ring (bicyclic) bond motifs is 2. The second-order valence-electron chi connectivity index (χ2n) is 7.31. The lowest BCUT2D eigenvalue weighted by Crippen LogP contribution is -2.42. The van der Waals surface area contributed by atoms with Gasteiger partial charge in [0, 0.05) is 29.4 Å². The van der Waals surface area contributed by atoms with Crippen LogP contribution in [0.15, 0.2) is 43.0 Å². The number of piperidine rings is 1. The van der Waals surface area contributed by atoms with Gasteiger partial charge < -0.3 is 15.2 Å². The molecule has 0 radical (unpaired) electrons. The van der Waals surface area contributed by atoms with E-state index in [4.69, 9.17) is 4.74 Å². The van der Waals surface area contributed by atoms with Crippen molar-refractivity contribution in [2.24, 2.45) is 0 Å². The SMILES string of the molecule is Oc1cc(-c2cn[nH]c2)ccc1-c1cnc(O[C@@H]2C[C@H]3CC[C@@H](C2)N3)cn1. The number of aromatic hydroxyl groups is 1. The van der Waals surface area contributed by atoms with Crippen LogP contribution in [0, 0.1) is 0 Å². The summed E-state index contributed by atoms with van der Waals surface area (Å²) in [6.07, 6.45) is 11.5. The van der Waals surface area contributed by atoms with E-state index in [0.717, 1.165) is 24.0 Å². The van der Waals surface area contributed by atoms with Gasteiger partial charge in [-0.3, -0.25) is 5.10 Å². The monoisotopic (exact) mass is 363 g/mol. The molecule has 2 bridgehead atoms. The standard InChI is InChI=1S/C20H21N5O2/c26-19-5-12(13-8-23-24-9-13)1-4-17(19)18-10-22-20(11-21-18)27-16-6-14-2-3-15(7-16)25-14/h1,4-5,8-11,14-16,25-26H,2-3,6-7H2,(H,23,24)/t14-,15+,16-. The Balaban J connectivity index is 1.31. The summed E-state index contributed by atoms with van der Waals surface area (Å²) in [6.45, 7) is 0. The largest absolute Gasteiger partial charge is 0.507 e. The van der Waals surface area contributed by atoms with Crippen molar-refractivity contribution < 1.29 is 9.84 Å². The minimum atomic E-state index is 0.159. The summed E-state index contributed by atoms with van der Waals surface area (Å²) in [5, 5.41) is 20.7. The van der Waals surface area contributed by atoms with E-state index in [0.29, 0.717) is 29.2 Å². The van der Waals surface area contributed by atoms with Crippen molar-refractivity contribution in [3.63, 3.8) is 0 Å². The number of aromatic amines is 1. The van der Waals surface area contributed by atoms with E-state index in [9.17, 15) is 5.11 Å². The van der Waals surface area contributed by atoms with Crippen molar-refractivity contribution in [1.29, 1.82) is 0 Å². The van der Waals surface area contributed by atoms with Gasteiger partial charge in [-0.05, 0) is 43.4 Å². The van der Waals surface area contributed by atoms with Crippen LogP contribution in [0.25, 0.3) is 22.4 Å². The van der Waals surface area contributed by atoms with Gasteiger partial charge in [0.1, 0.15) is 11.9 Å². The van der Waals surface area contributed by atoms with Crippen molar-refractivity contribution in [2.75, 3.05) is 0 Å². The summed E-state index contributed by atoms with van der Waals surface area (Å²) < 4.78 is 6.04. The Hall–Kier alpha value is -2.93. The Morgan fingerprint density at radius 3 is 2.52 bits per heavy atom. The molecule has 7 nitrogen and oxygen atoms in total. The number of benzene rings is 1. The Morgan fingerprint density at radius 1 is 1.00 bits per heavy atom. The fraction of sp³-hybridized carbons (Fsp3) is 0.350. The van der Waals surface area contributed by atoms with E-state index < -0.39 is 0 Å². The number of rotatable bonds is 4. The first kappa shape index (κ1) is 16.3. The number of hydrogen-bond donors (Lipinski definition) is 3. The zero-order valence-corrected chi connectivity index (χ0v) is 14.8. The van der Waals surface area contributed by atoms with Crippen LogP contribution in [0.5, 0.6) is 11.6 Å². The summed E-state index contributed by atoms with van der Waals surface area (Å²) in [7, 11) is 0. The van der Waals surface area contributed by atoms with Crippen molar-refractivity contribution in [3.8, 4) is 34.0 Å². The van der Waals surface area contributed by atoms with Crippen molar-refractivity contribution in [3.05, 3.63) is 43.0 Å². The molecule has 2 aliphatic heterocycles. The highest BCUT2D eigenvalue weighted by molar-refractivity contribution is 5.73. The maximum Gasteiger partial charge on any atom is 0.232 e. The number of ether oxygens (including phenoxy) is 1. The lowest BCUT2D eigenvalue weighted by atomic mass is 10.0. The fourth-order valence-electron chi connectivity index (χ4n) is 4.12. The summed E-state index contributed by atoms with van der Waals surface area (Å²) >= 11 is 0. The van der Waals surface area contributed by atoms with Gasteiger partial charge in [0.25, 0.3) is 0 Å². The van der Waals surface area contributed by atoms with E-state index in [1.54, 1.807) is 30.9 Å². The van der Waals surface area contributed by atoms with Gasteiger partial charge in [0.05, 0.1) is 24.3 Å². The Kier molecular flexibility index (Phi) is 4.01. The molecule has 0 amide bonds. The highest BCUT2D eigenvalue weighted by atomic mass is 16.5. The van der Waals surface area contributed by atoms with Gasteiger partial charge in [0.15, 0.2) is 0 Å². The highest BCUT2D eigenvalue weighted by Gasteiger charge is 2.34. The van der Waals surface area contributed by atoms with Crippen LogP contribution in [-0.2, 0) is 0 Å². The zero-order valence-electron chi connectivity index (χ0n) is 14.8. The van der Waals surface area contributed by atoms with E-state index in [-0.39, 0.29) is 11.9 Å². The molecule has 3 atom stereocenters. The summed E-state index contributed by atoms with van der Waals surface area (Å²) in [4.78, 5) is 8.84. The highest BCUT2D eigenvalue weighted by Crippen LogP contribution is 2.33. The first-order chi connectivity index (χ1) is 13.2. The predicted octanol–water partition coefficient (Wildman–Crippen LogP) is 2.90. The second-order valence-corrected chi connectivity index (χ2v) is 7.31. The first-order valence-corrected chi connectivity index (χ1v) is 9.32. The maximum absolute atomic E-state index is 10.4. The smallest absolute Gasteiger partial charge is 0.232 e. The molecule has 3 N–H and O–H groups in total. The van der Waals surface area contributed by atoms with E-state index in [1.165, 1.54) is 12.8 Å². The Bertz CT molecular complexity index is 914. The van der Waals surface area contributed by atoms with Crippen LogP contribution in [0.1, 0.15) is 25.7 Å². The molecule has 4 heterocycles. The molecule has 5 rings (SSSR count). The third-order valence-corrected chi connectivity index (χ3v) is 5.45. The number of phenols is 1. The molecule has 0 spiro atoms. The second kappa shape index (κ2) is 6.66. The minimum absolute atomic E-state index is 0.159. The molecule has 2 aliphatic rings. The molecule has 2 aromatic heterocycles. The number of hydrogen-bond acceptors (Lipinski definition) is 6. The third kappa shape index (κ3) is 3.26. The number of nitrogens with one attached hydrogen (secondary N) is 2. The van der Waals surface area contributed by atoms with Gasteiger partial charge >= 0.3 is 0 Å². The molecule has 0 saturated carbocycles.